The highest BCUT2D eigenvalue weighted by Gasteiger charge is 2.38. The molecule has 0 radical (unpaired) electrons. The van der Waals surface area contributed by atoms with Gasteiger partial charge < -0.3 is 10.2 Å². The highest BCUT2D eigenvalue weighted by atomic mass is 32.2. The summed E-state index contributed by atoms with van der Waals surface area (Å²) < 4.78 is 0. The van der Waals surface area contributed by atoms with Gasteiger partial charge in [0.05, 0.1) is 24.4 Å². The molecule has 20 heavy (non-hydrogen) atoms. The molecule has 0 bridgehead atoms. The van der Waals surface area contributed by atoms with Crippen molar-refractivity contribution in [2.45, 2.75) is 44.4 Å². The summed E-state index contributed by atoms with van der Waals surface area (Å²) in [5.41, 5.74) is 2.50. The van der Waals surface area contributed by atoms with Gasteiger partial charge in [0.1, 0.15) is 5.37 Å². The van der Waals surface area contributed by atoms with Gasteiger partial charge in [0.15, 0.2) is 0 Å². The maximum Gasteiger partial charge on any atom is 0.236 e. The molecular formula is C16H25N2OS+. The summed E-state index contributed by atoms with van der Waals surface area (Å²) >= 11 is 1.76. The van der Waals surface area contributed by atoms with Crippen molar-refractivity contribution in [3.8, 4) is 0 Å². The summed E-state index contributed by atoms with van der Waals surface area (Å²) in [5.74, 6) is 0.276. The van der Waals surface area contributed by atoms with E-state index in [0.29, 0.717) is 6.04 Å². The second-order valence-electron chi connectivity index (χ2n) is 5.84. The lowest BCUT2D eigenvalue weighted by atomic mass is 10.1. The fourth-order valence-corrected chi connectivity index (χ4v) is 3.75. The summed E-state index contributed by atoms with van der Waals surface area (Å²) in [5, 5.41) is 2.53. The third-order valence-electron chi connectivity index (χ3n) is 3.62. The molecule has 1 amide bonds. The first kappa shape index (κ1) is 15.4. The first-order valence-corrected chi connectivity index (χ1v) is 8.29. The smallest absolute Gasteiger partial charge is 0.236 e. The number of benzene rings is 1. The van der Waals surface area contributed by atoms with E-state index >= 15 is 0 Å². The van der Waals surface area contributed by atoms with Crippen LogP contribution in [0.1, 0.15) is 37.3 Å². The van der Waals surface area contributed by atoms with Crippen LogP contribution in [0.5, 0.6) is 0 Å². The average Bonchev–Trinajstić information content (AvgIpc) is 2.67. The van der Waals surface area contributed by atoms with Gasteiger partial charge in [0, 0.05) is 0 Å². The van der Waals surface area contributed by atoms with Crippen LogP contribution in [0, 0.1) is 6.92 Å². The molecule has 2 atom stereocenters. The predicted molar refractivity (Wildman–Crippen MR) is 84.6 cm³/mol. The summed E-state index contributed by atoms with van der Waals surface area (Å²) in [4.78, 5) is 14.4. The van der Waals surface area contributed by atoms with E-state index in [2.05, 4.69) is 50.4 Å². The fraction of sp³-hybridized carbons (Fsp3) is 0.562. The van der Waals surface area contributed by atoms with Gasteiger partial charge in [0.2, 0.25) is 5.91 Å². The summed E-state index contributed by atoms with van der Waals surface area (Å²) in [6.45, 7) is 10.3. The van der Waals surface area contributed by atoms with Gasteiger partial charge in [-0.05, 0) is 33.3 Å². The first-order chi connectivity index (χ1) is 9.49. The number of thioether (sulfide) groups is 1. The maximum absolute atomic E-state index is 12.3. The minimum atomic E-state index is 0.0698. The lowest BCUT2D eigenvalue weighted by Gasteiger charge is -2.24. The molecule has 0 aliphatic carbocycles. The first-order valence-electron chi connectivity index (χ1n) is 7.35. The molecule has 0 aromatic heterocycles. The average molecular weight is 293 g/mol. The van der Waals surface area contributed by atoms with Gasteiger partial charge in [-0.1, -0.05) is 29.8 Å². The molecule has 4 heteroatoms. The molecule has 1 heterocycles. The van der Waals surface area contributed by atoms with Crippen LogP contribution in [0.3, 0.4) is 0 Å². The molecule has 0 spiro atoms. The summed E-state index contributed by atoms with van der Waals surface area (Å²) in [6, 6.07) is 9.13. The lowest BCUT2D eigenvalue weighted by Crippen LogP contribution is -2.89. The number of hydrogen-bond acceptors (Lipinski definition) is 2. The number of rotatable bonds is 5. The Kier molecular flexibility index (Phi) is 5.11. The van der Waals surface area contributed by atoms with Crippen LogP contribution in [0.25, 0.3) is 0 Å². The summed E-state index contributed by atoms with van der Waals surface area (Å²) in [6.07, 6.45) is 0. The number of quaternary nitrogens is 1. The van der Waals surface area contributed by atoms with Gasteiger partial charge in [-0.3, -0.25) is 4.79 Å². The zero-order chi connectivity index (χ0) is 14.7. The quantitative estimate of drug-likeness (QED) is 0.900. The molecule has 1 aliphatic heterocycles. The van der Waals surface area contributed by atoms with Crippen molar-refractivity contribution in [3.63, 3.8) is 0 Å². The summed E-state index contributed by atoms with van der Waals surface area (Å²) in [7, 11) is 0. The molecule has 110 valence electrons. The van der Waals surface area contributed by atoms with Crippen molar-refractivity contribution in [1.29, 1.82) is 0 Å². The normalized spacial score (nSPS) is 22.9. The van der Waals surface area contributed by atoms with Crippen LogP contribution in [0.2, 0.25) is 0 Å². The Morgan fingerprint density at radius 3 is 2.55 bits per heavy atom. The van der Waals surface area contributed by atoms with Crippen LogP contribution in [-0.4, -0.2) is 35.2 Å². The minimum absolute atomic E-state index is 0.0698. The third-order valence-corrected chi connectivity index (χ3v) is 5.01. The van der Waals surface area contributed by atoms with Crippen LogP contribution < -0.4 is 5.32 Å². The fourth-order valence-electron chi connectivity index (χ4n) is 2.44. The second kappa shape index (κ2) is 6.64. The molecule has 3 nitrogen and oxygen atoms in total. The Morgan fingerprint density at radius 1 is 1.30 bits per heavy atom. The molecule has 1 aromatic carbocycles. The van der Waals surface area contributed by atoms with E-state index in [-0.39, 0.29) is 16.5 Å². The van der Waals surface area contributed by atoms with E-state index < -0.39 is 0 Å². The Labute approximate surface area is 126 Å². The van der Waals surface area contributed by atoms with Crippen LogP contribution in [-0.2, 0) is 4.79 Å². The van der Waals surface area contributed by atoms with E-state index in [4.69, 9.17) is 0 Å². The molecule has 1 aromatic rings. The second-order valence-corrected chi connectivity index (χ2v) is 7.27. The topological polar surface area (TPSA) is 36.9 Å². The molecule has 2 rings (SSSR count). The number of aryl methyl sites for hydroxylation is 1. The van der Waals surface area contributed by atoms with Gasteiger partial charge in [-0.15, -0.1) is 11.8 Å². The monoisotopic (exact) mass is 293 g/mol. The predicted octanol–water partition coefficient (Wildman–Crippen LogP) is 1.93. The molecule has 1 saturated heterocycles. The largest absolute Gasteiger partial charge is 0.343 e. The number of carbonyl (C=O) groups is 1. The maximum atomic E-state index is 12.3. The van der Waals surface area contributed by atoms with E-state index in [1.807, 2.05) is 11.8 Å². The highest BCUT2D eigenvalue weighted by molar-refractivity contribution is 8.01. The van der Waals surface area contributed by atoms with Crippen LogP contribution >= 0.6 is 11.8 Å². The molecule has 1 aliphatic rings. The Morgan fingerprint density at radius 2 is 1.95 bits per heavy atom. The van der Waals surface area contributed by atoms with E-state index in [1.54, 1.807) is 11.8 Å². The van der Waals surface area contributed by atoms with Crippen molar-refractivity contribution < 1.29 is 10.1 Å². The lowest BCUT2D eigenvalue weighted by molar-refractivity contribution is -0.682. The van der Waals surface area contributed by atoms with E-state index in [9.17, 15) is 4.79 Å². The van der Waals surface area contributed by atoms with Crippen molar-refractivity contribution >= 4 is 17.7 Å². The zero-order valence-corrected chi connectivity index (χ0v) is 13.6. The zero-order valence-electron chi connectivity index (χ0n) is 12.8. The van der Waals surface area contributed by atoms with Crippen molar-refractivity contribution in [1.82, 2.24) is 4.90 Å². The molecule has 0 saturated carbocycles. The number of nitrogens with two attached hydrogens (primary N) is 1. The minimum Gasteiger partial charge on any atom is -0.343 e. The number of amides is 1. The number of carbonyl (C=O) groups excluding carboxylic acids is 1. The van der Waals surface area contributed by atoms with Crippen molar-refractivity contribution in [3.05, 3.63) is 35.4 Å². The van der Waals surface area contributed by atoms with Gasteiger partial charge >= 0.3 is 0 Å². The standard InChI is InChI=1S/C16H24N2OS/c1-11(2)17-9-10-18-15(19)13(4)20-16(18)14-7-5-12(3)6-8-14/h5-8,11,13,16-17H,9-10H2,1-4H3/p+1/t13-,16-/m0/s1. The van der Waals surface area contributed by atoms with Gasteiger partial charge in [-0.25, -0.2) is 0 Å². The van der Waals surface area contributed by atoms with E-state index in [0.717, 1.165) is 13.1 Å². The highest BCUT2D eigenvalue weighted by Crippen LogP contribution is 2.42. The van der Waals surface area contributed by atoms with Gasteiger partial charge in [-0.2, -0.15) is 0 Å². The van der Waals surface area contributed by atoms with Crippen LogP contribution in [0.15, 0.2) is 24.3 Å². The Hall–Kier alpha value is -1.00. The van der Waals surface area contributed by atoms with Crippen molar-refractivity contribution in [2.75, 3.05) is 13.1 Å². The Balaban J connectivity index is 2.09. The molecule has 1 fully saturated rings. The SMILES string of the molecule is Cc1ccc([C@@H]2S[C@@H](C)C(=O)N2CC[NH2+]C(C)C)cc1. The number of nitrogens with zero attached hydrogens (tertiary/aromatic N) is 1. The van der Waals surface area contributed by atoms with Crippen LogP contribution in [0.4, 0.5) is 0 Å². The molecular weight excluding hydrogens is 268 g/mol. The third kappa shape index (κ3) is 3.55. The van der Waals surface area contributed by atoms with Gasteiger partial charge in [0.25, 0.3) is 0 Å². The molecule has 2 N–H and O–H groups in total. The van der Waals surface area contributed by atoms with Crippen molar-refractivity contribution in [2.24, 2.45) is 0 Å². The molecule has 0 unspecified atom stereocenters. The Bertz CT molecular complexity index is 458. The van der Waals surface area contributed by atoms with E-state index in [1.165, 1.54) is 11.1 Å². The number of hydrogen-bond donors (Lipinski definition) is 1.